The Morgan fingerprint density at radius 3 is 1.50 bits per heavy atom. The van der Waals surface area contributed by atoms with E-state index in [1.54, 1.807) is 5.56 Å². The first-order valence-corrected chi connectivity index (χ1v) is 6.04. The van der Waals surface area contributed by atoms with Crippen LogP contribution in [0.3, 0.4) is 0 Å². The van der Waals surface area contributed by atoms with Crippen LogP contribution in [0.5, 0.6) is 0 Å². The first-order valence-electron chi connectivity index (χ1n) is 6.04. The van der Waals surface area contributed by atoms with Crippen molar-refractivity contribution in [3.63, 3.8) is 0 Å². The van der Waals surface area contributed by atoms with Gasteiger partial charge in [0.2, 0.25) is 0 Å². The molecule has 1 rings (SSSR count). The normalized spacial score (nSPS) is 8.81. The Balaban J connectivity index is 0. The summed E-state index contributed by atoms with van der Waals surface area (Å²) < 4.78 is 0. The summed E-state index contributed by atoms with van der Waals surface area (Å²) in [7, 11) is 0. The molecular weight excluding hydrogens is 262 g/mol. The minimum absolute atomic E-state index is 0. The van der Waals surface area contributed by atoms with E-state index < -0.39 is 0 Å². The van der Waals surface area contributed by atoms with E-state index >= 15 is 0 Å². The topological polar surface area (TPSA) is 26.0 Å². The first-order chi connectivity index (χ1) is 7.24. The third-order valence-corrected chi connectivity index (χ3v) is 2.49. The van der Waals surface area contributed by atoms with Crippen LogP contribution in [0.1, 0.15) is 44.4 Å². The molecule has 0 aliphatic rings. The second kappa shape index (κ2) is 11.2. The summed E-state index contributed by atoms with van der Waals surface area (Å²) in [6.45, 7) is 9.36. The number of nitrogens with two attached hydrogens (primary N) is 1. The van der Waals surface area contributed by atoms with Crippen molar-refractivity contribution in [1.29, 1.82) is 0 Å². The Kier molecular flexibility index (Phi) is 12.6. The number of hydrogen-bond acceptors (Lipinski definition) is 1. The third kappa shape index (κ3) is 5.66. The second-order valence-electron chi connectivity index (χ2n) is 3.52. The molecule has 0 aliphatic heterocycles. The number of rotatable bonds is 3. The smallest absolute Gasteiger partial charge is 0.0106 e. The van der Waals surface area contributed by atoms with E-state index in [9.17, 15) is 0 Å². The van der Waals surface area contributed by atoms with Crippen LogP contribution in [-0.2, 0) is 19.3 Å². The Labute approximate surface area is 111 Å². The third-order valence-electron chi connectivity index (χ3n) is 2.49. The summed E-state index contributed by atoms with van der Waals surface area (Å²) in [4.78, 5) is 0. The zero-order valence-electron chi connectivity index (χ0n) is 11.0. The fourth-order valence-electron chi connectivity index (χ4n) is 1.80. The van der Waals surface area contributed by atoms with Crippen LogP contribution in [0, 0.1) is 0 Å². The van der Waals surface area contributed by atoms with Crippen LogP contribution in [0.2, 0.25) is 0 Å². The van der Waals surface area contributed by atoms with Gasteiger partial charge in [0.25, 0.3) is 0 Å². The van der Waals surface area contributed by atoms with E-state index in [4.69, 9.17) is 5.73 Å². The van der Waals surface area contributed by atoms with Gasteiger partial charge in [-0.15, -0.1) is 17.0 Å². The van der Waals surface area contributed by atoms with Gasteiger partial charge in [0.1, 0.15) is 0 Å². The molecule has 0 unspecified atom stereocenters. The van der Waals surface area contributed by atoms with Gasteiger partial charge in [-0.3, -0.25) is 0 Å². The number of benzene rings is 1. The molecule has 2 heteroatoms. The molecule has 94 valence electrons. The average Bonchev–Trinajstić information content (AvgIpc) is 2.28. The zero-order valence-corrected chi connectivity index (χ0v) is 12.8. The minimum atomic E-state index is 0. The fraction of sp³-hybridized carbons (Fsp3) is 0.571. The molecule has 1 nitrogen and oxygen atoms in total. The SMILES string of the molecule is Br.CCN.CCc1cccc(CC)c1CC. The molecule has 0 saturated carbocycles. The molecule has 0 atom stereocenters. The van der Waals surface area contributed by atoms with Gasteiger partial charge in [0.15, 0.2) is 0 Å². The summed E-state index contributed by atoms with van der Waals surface area (Å²) in [6.07, 6.45) is 3.50. The predicted molar refractivity (Wildman–Crippen MR) is 79.6 cm³/mol. The number of aryl methyl sites for hydroxylation is 2. The maximum absolute atomic E-state index is 4.85. The number of hydrogen-bond donors (Lipinski definition) is 1. The first kappa shape index (κ1) is 18.0. The Bertz CT molecular complexity index is 249. The highest BCUT2D eigenvalue weighted by molar-refractivity contribution is 8.93. The maximum atomic E-state index is 4.85. The fourth-order valence-corrected chi connectivity index (χ4v) is 1.80. The largest absolute Gasteiger partial charge is 0.331 e. The van der Waals surface area contributed by atoms with Crippen molar-refractivity contribution in [3.05, 3.63) is 34.9 Å². The van der Waals surface area contributed by atoms with Crippen molar-refractivity contribution < 1.29 is 0 Å². The van der Waals surface area contributed by atoms with Gasteiger partial charge in [0.05, 0.1) is 0 Å². The van der Waals surface area contributed by atoms with E-state index in [2.05, 4.69) is 39.0 Å². The van der Waals surface area contributed by atoms with Gasteiger partial charge in [-0.1, -0.05) is 45.9 Å². The van der Waals surface area contributed by atoms with E-state index in [1.165, 1.54) is 17.5 Å². The van der Waals surface area contributed by atoms with Gasteiger partial charge < -0.3 is 5.73 Å². The highest BCUT2D eigenvalue weighted by atomic mass is 79.9. The molecule has 16 heavy (non-hydrogen) atoms. The molecule has 0 spiro atoms. The van der Waals surface area contributed by atoms with Gasteiger partial charge in [-0.2, -0.15) is 0 Å². The molecule has 0 heterocycles. The lowest BCUT2D eigenvalue weighted by Gasteiger charge is -2.10. The maximum Gasteiger partial charge on any atom is -0.0106 e. The predicted octanol–water partition coefficient (Wildman–Crippen LogP) is 3.92. The van der Waals surface area contributed by atoms with Gasteiger partial charge in [-0.05, 0) is 42.5 Å². The monoisotopic (exact) mass is 287 g/mol. The standard InChI is InChI=1S/C12H18.C2H7N.BrH/c1-4-10-8-7-9-11(5-2)12(10)6-3;1-2-3;/h7-9H,4-6H2,1-3H3;2-3H2,1H3;1H. The summed E-state index contributed by atoms with van der Waals surface area (Å²) in [5, 5.41) is 0. The van der Waals surface area contributed by atoms with Crippen LogP contribution in [-0.4, -0.2) is 6.54 Å². The summed E-state index contributed by atoms with van der Waals surface area (Å²) in [5.74, 6) is 0. The highest BCUT2D eigenvalue weighted by Crippen LogP contribution is 2.16. The van der Waals surface area contributed by atoms with Crippen LogP contribution in [0.15, 0.2) is 18.2 Å². The van der Waals surface area contributed by atoms with Crippen LogP contribution in [0.4, 0.5) is 0 Å². The molecule has 1 aromatic carbocycles. The molecule has 0 saturated heterocycles. The molecular formula is C14H26BrN. The lowest BCUT2D eigenvalue weighted by molar-refractivity contribution is 0.981. The quantitative estimate of drug-likeness (QED) is 0.896. The Morgan fingerprint density at radius 2 is 1.25 bits per heavy atom. The molecule has 1 aromatic rings. The van der Waals surface area contributed by atoms with Crippen molar-refractivity contribution in [2.24, 2.45) is 5.73 Å². The van der Waals surface area contributed by atoms with Crippen molar-refractivity contribution in [1.82, 2.24) is 0 Å². The highest BCUT2D eigenvalue weighted by Gasteiger charge is 2.02. The van der Waals surface area contributed by atoms with E-state index in [1.807, 2.05) is 6.92 Å². The van der Waals surface area contributed by atoms with Crippen LogP contribution < -0.4 is 5.73 Å². The molecule has 0 aromatic heterocycles. The Morgan fingerprint density at radius 1 is 0.875 bits per heavy atom. The van der Waals surface area contributed by atoms with Gasteiger partial charge in [0, 0.05) is 0 Å². The second-order valence-corrected chi connectivity index (χ2v) is 3.52. The van der Waals surface area contributed by atoms with Crippen molar-refractivity contribution in [2.45, 2.75) is 47.0 Å². The summed E-state index contributed by atoms with van der Waals surface area (Å²) >= 11 is 0. The molecule has 2 N–H and O–H groups in total. The van der Waals surface area contributed by atoms with Crippen LogP contribution in [0.25, 0.3) is 0 Å². The van der Waals surface area contributed by atoms with Crippen LogP contribution >= 0.6 is 17.0 Å². The van der Waals surface area contributed by atoms with Crippen molar-refractivity contribution in [3.8, 4) is 0 Å². The lowest BCUT2D eigenvalue weighted by atomic mass is 9.96. The lowest BCUT2D eigenvalue weighted by Crippen LogP contribution is -1.96. The van der Waals surface area contributed by atoms with E-state index in [0.717, 1.165) is 19.4 Å². The molecule has 0 bridgehead atoms. The Hall–Kier alpha value is -0.340. The minimum Gasteiger partial charge on any atom is -0.331 e. The van der Waals surface area contributed by atoms with Crippen molar-refractivity contribution >= 4 is 17.0 Å². The van der Waals surface area contributed by atoms with E-state index in [0.29, 0.717) is 0 Å². The molecule has 0 aliphatic carbocycles. The van der Waals surface area contributed by atoms with Gasteiger partial charge in [-0.25, -0.2) is 0 Å². The van der Waals surface area contributed by atoms with E-state index in [-0.39, 0.29) is 17.0 Å². The molecule has 0 radical (unpaired) electrons. The summed E-state index contributed by atoms with van der Waals surface area (Å²) in [6, 6.07) is 6.67. The molecule has 0 fully saturated rings. The van der Waals surface area contributed by atoms with Gasteiger partial charge >= 0.3 is 0 Å². The van der Waals surface area contributed by atoms with Crippen molar-refractivity contribution in [2.75, 3.05) is 6.54 Å². The average molecular weight is 288 g/mol. The zero-order chi connectivity index (χ0) is 11.7. The molecule has 0 amide bonds. The number of halogens is 1. The summed E-state index contributed by atoms with van der Waals surface area (Å²) in [5.41, 5.74) is 9.47.